The summed E-state index contributed by atoms with van der Waals surface area (Å²) in [5.41, 5.74) is 1.07. The summed E-state index contributed by atoms with van der Waals surface area (Å²) >= 11 is 6.15. The first-order chi connectivity index (χ1) is 21.0. The van der Waals surface area contributed by atoms with Crippen molar-refractivity contribution in [2.45, 2.75) is 62.6 Å². The van der Waals surface area contributed by atoms with E-state index in [4.69, 9.17) is 16.3 Å². The molecule has 3 saturated heterocycles. The lowest BCUT2D eigenvalue weighted by Crippen LogP contribution is -2.57. The van der Waals surface area contributed by atoms with Crippen LogP contribution in [-0.4, -0.2) is 96.9 Å². The third-order valence-corrected chi connectivity index (χ3v) is 11.3. The smallest absolute Gasteiger partial charge is 0.407 e. The number of nitrogens with zero attached hydrogens (tertiary/aromatic N) is 3. The SMILES string of the molecule is CN(C(=O)O)[C@H](C(=O)Nc1cncc(F)c1CC[C@H]1CN[C@@H]2CCCS(=O)(=O)N1C2)[C@@H](c1ccc(Cl)cc1)C1CCOCC1. The van der Waals surface area contributed by atoms with Crippen LogP contribution in [-0.2, 0) is 26.0 Å². The van der Waals surface area contributed by atoms with Gasteiger partial charge in [-0.2, -0.15) is 4.31 Å². The molecule has 0 radical (unpaired) electrons. The molecule has 3 N–H and O–H groups in total. The molecule has 1 aromatic carbocycles. The second-order valence-electron chi connectivity index (χ2n) is 11.8. The van der Waals surface area contributed by atoms with Crippen molar-refractivity contribution in [2.75, 3.05) is 44.4 Å². The number of halogens is 2. The number of anilines is 1. The molecule has 0 aliphatic carbocycles. The van der Waals surface area contributed by atoms with Gasteiger partial charge < -0.3 is 20.5 Å². The van der Waals surface area contributed by atoms with Crippen LogP contribution in [0.2, 0.25) is 5.02 Å². The topological polar surface area (TPSA) is 141 Å². The summed E-state index contributed by atoms with van der Waals surface area (Å²) in [4.78, 5) is 31.3. The molecule has 0 spiro atoms. The van der Waals surface area contributed by atoms with Gasteiger partial charge in [-0.1, -0.05) is 23.7 Å². The molecule has 3 fully saturated rings. The highest BCUT2D eigenvalue weighted by Gasteiger charge is 2.41. The first-order valence-electron chi connectivity index (χ1n) is 15.0. The Morgan fingerprint density at radius 2 is 1.95 bits per heavy atom. The molecule has 11 nitrogen and oxygen atoms in total. The van der Waals surface area contributed by atoms with Crippen molar-refractivity contribution in [1.29, 1.82) is 0 Å². The molecule has 5 atom stereocenters. The number of carbonyl (C=O) groups is 2. The number of pyridine rings is 1. The van der Waals surface area contributed by atoms with Gasteiger partial charge in [0.1, 0.15) is 11.9 Å². The van der Waals surface area contributed by atoms with Gasteiger partial charge in [0.2, 0.25) is 15.9 Å². The van der Waals surface area contributed by atoms with Crippen molar-refractivity contribution < 1.29 is 32.2 Å². The zero-order valence-electron chi connectivity index (χ0n) is 24.6. The Kier molecular flexibility index (Phi) is 10.4. The summed E-state index contributed by atoms with van der Waals surface area (Å²) in [6, 6.07) is 5.60. The number of ether oxygens (including phenoxy) is 1. The largest absolute Gasteiger partial charge is 0.465 e. The van der Waals surface area contributed by atoms with E-state index in [-0.39, 0.29) is 41.4 Å². The number of carboxylic acid groups (broad SMARTS) is 1. The number of amides is 2. The predicted octanol–water partition coefficient (Wildman–Crippen LogP) is 3.70. The van der Waals surface area contributed by atoms with E-state index in [1.165, 1.54) is 13.2 Å². The zero-order valence-corrected chi connectivity index (χ0v) is 26.2. The van der Waals surface area contributed by atoms with Gasteiger partial charge in [-0.05, 0) is 62.1 Å². The first-order valence-corrected chi connectivity index (χ1v) is 17.0. The number of hydrogen-bond donors (Lipinski definition) is 3. The molecule has 3 aliphatic rings. The van der Waals surface area contributed by atoms with Crippen LogP contribution in [0.25, 0.3) is 0 Å². The fourth-order valence-electron chi connectivity index (χ4n) is 6.76. The second kappa shape index (κ2) is 14.1. The number of benzene rings is 1. The van der Waals surface area contributed by atoms with Crippen molar-refractivity contribution in [3.05, 3.63) is 58.6 Å². The van der Waals surface area contributed by atoms with E-state index in [2.05, 4.69) is 15.6 Å². The molecule has 2 aromatic rings. The van der Waals surface area contributed by atoms with Crippen molar-refractivity contribution in [3.8, 4) is 0 Å². The van der Waals surface area contributed by atoms with Gasteiger partial charge in [0.15, 0.2) is 0 Å². The number of sulfonamides is 1. The van der Waals surface area contributed by atoms with E-state index in [0.717, 1.165) is 23.1 Å². The summed E-state index contributed by atoms with van der Waals surface area (Å²) in [5.74, 6) is -1.76. The van der Waals surface area contributed by atoms with Gasteiger partial charge >= 0.3 is 6.09 Å². The van der Waals surface area contributed by atoms with Crippen molar-refractivity contribution >= 4 is 39.3 Å². The molecule has 240 valence electrons. The van der Waals surface area contributed by atoms with E-state index >= 15 is 4.39 Å². The van der Waals surface area contributed by atoms with Gasteiger partial charge in [-0.25, -0.2) is 17.6 Å². The van der Waals surface area contributed by atoms with Crippen LogP contribution in [0.3, 0.4) is 0 Å². The number of nitrogens with one attached hydrogen (secondary N) is 2. The molecule has 4 heterocycles. The van der Waals surface area contributed by atoms with Crippen LogP contribution in [0.4, 0.5) is 14.9 Å². The quantitative estimate of drug-likeness (QED) is 0.373. The second-order valence-corrected chi connectivity index (χ2v) is 14.3. The summed E-state index contributed by atoms with van der Waals surface area (Å²) < 4.78 is 48.2. The van der Waals surface area contributed by atoms with E-state index < -0.39 is 39.8 Å². The van der Waals surface area contributed by atoms with Crippen LogP contribution in [0, 0.1) is 11.7 Å². The molecule has 44 heavy (non-hydrogen) atoms. The predicted molar refractivity (Wildman–Crippen MR) is 164 cm³/mol. The van der Waals surface area contributed by atoms with Gasteiger partial charge in [-0.15, -0.1) is 0 Å². The summed E-state index contributed by atoms with van der Waals surface area (Å²) in [6.45, 7) is 1.82. The van der Waals surface area contributed by atoms with E-state index in [0.29, 0.717) is 57.0 Å². The third kappa shape index (κ3) is 7.34. The Hall–Kier alpha value is -2.84. The van der Waals surface area contributed by atoms with Crippen molar-refractivity contribution in [2.24, 2.45) is 5.92 Å². The van der Waals surface area contributed by atoms with Crippen LogP contribution in [0.5, 0.6) is 0 Å². The fraction of sp³-hybridized carbons (Fsp3) is 0.567. The minimum absolute atomic E-state index is 0.0641. The monoisotopic (exact) mass is 651 g/mol. The summed E-state index contributed by atoms with van der Waals surface area (Å²) in [5, 5.41) is 16.8. The molecule has 0 saturated carbocycles. The molecule has 1 aromatic heterocycles. The average molecular weight is 652 g/mol. The highest BCUT2D eigenvalue weighted by Crippen LogP contribution is 2.38. The van der Waals surface area contributed by atoms with Crippen LogP contribution in [0.15, 0.2) is 36.7 Å². The molecule has 5 rings (SSSR count). The minimum atomic E-state index is -3.42. The van der Waals surface area contributed by atoms with E-state index in [1.807, 2.05) is 0 Å². The lowest BCUT2D eigenvalue weighted by Gasteiger charge is -2.39. The average Bonchev–Trinajstić information content (AvgIpc) is 3.12. The molecular weight excluding hydrogens is 613 g/mol. The zero-order chi connectivity index (χ0) is 31.4. The van der Waals surface area contributed by atoms with Gasteiger partial charge in [0, 0.05) is 61.9 Å². The van der Waals surface area contributed by atoms with Crippen LogP contribution >= 0.6 is 11.6 Å². The molecule has 1 unspecified atom stereocenters. The van der Waals surface area contributed by atoms with E-state index in [9.17, 15) is 23.1 Å². The van der Waals surface area contributed by atoms with Crippen LogP contribution < -0.4 is 10.6 Å². The Labute approximate surface area is 262 Å². The Bertz CT molecular complexity index is 1440. The standard InChI is InChI=1S/C30H39ClFN5O6S/c1-36(30(39)40)28(27(20-10-12-43-13-11-20)19-4-6-21(31)7-5-19)29(38)35-26-17-33-16-25(32)24(26)9-8-23-15-34-22-3-2-14-44(41,42)37(23)18-22/h4-7,16-17,20,22-23,27-28,34H,2-3,8-15,18H2,1H3,(H,35,38)(H,39,40)/t22-,23+,27+,28+/m1/s1. The number of rotatable bonds is 9. The number of likely N-dealkylation sites (N-methyl/N-ethyl adjacent to an activating group) is 1. The van der Waals surface area contributed by atoms with E-state index in [1.54, 1.807) is 28.6 Å². The Balaban J connectivity index is 1.42. The molecule has 2 bridgehead atoms. The summed E-state index contributed by atoms with van der Waals surface area (Å²) in [7, 11) is -2.07. The highest BCUT2D eigenvalue weighted by molar-refractivity contribution is 7.89. The maximum atomic E-state index is 15.3. The maximum Gasteiger partial charge on any atom is 0.407 e. The minimum Gasteiger partial charge on any atom is -0.465 e. The summed E-state index contributed by atoms with van der Waals surface area (Å²) in [6.07, 6.45) is 4.24. The number of fused-ring (bicyclic) bond motifs is 2. The normalized spacial score (nSPS) is 24.9. The van der Waals surface area contributed by atoms with Gasteiger partial charge in [0.25, 0.3) is 0 Å². The maximum absolute atomic E-state index is 15.3. The van der Waals surface area contributed by atoms with Gasteiger partial charge in [0.05, 0.1) is 23.8 Å². The lowest BCUT2D eigenvalue weighted by atomic mass is 9.76. The molecular formula is C30H39ClFN5O6S. The van der Waals surface area contributed by atoms with Crippen molar-refractivity contribution in [3.63, 3.8) is 0 Å². The number of hydrogen-bond acceptors (Lipinski definition) is 7. The van der Waals surface area contributed by atoms with Gasteiger partial charge in [-0.3, -0.25) is 14.7 Å². The Morgan fingerprint density at radius 3 is 2.66 bits per heavy atom. The third-order valence-electron chi connectivity index (χ3n) is 9.11. The highest BCUT2D eigenvalue weighted by atomic mass is 35.5. The number of piperazine rings is 1. The number of carbonyl (C=O) groups excluding carboxylic acids is 1. The molecule has 3 aliphatic heterocycles. The lowest BCUT2D eigenvalue weighted by molar-refractivity contribution is -0.122. The number of aromatic nitrogens is 1. The first kappa shape index (κ1) is 32.6. The molecule has 14 heteroatoms. The van der Waals surface area contributed by atoms with Crippen LogP contribution in [0.1, 0.15) is 49.1 Å². The van der Waals surface area contributed by atoms with Crippen molar-refractivity contribution in [1.82, 2.24) is 19.5 Å². The fourth-order valence-corrected chi connectivity index (χ4v) is 8.69. The Morgan fingerprint density at radius 1 is 1.23 bits per heavy atom. The molecule has 2 amide bonds.